The quantitative estimate of drug-likeness (QED) is 0.714. The molecule has 0 saturated carbocycles. The minimum atomic E-state index is -0.236. The van der Waals surface area contributed by atoms with Crippen LogP contribution in [-0.2, 0) is 6.54 Å². The molecule has 0 aliphatic carbocycles. The molecule has 1 heterocycles. The minimum Gasteiger partial charge on any atom is -0.379 e. The lowest BCUT2D eigenvalue weighted by Crippen LogP contribution is -1.99. The molecule has 2 nitrogen and oxygen atoms in total. The fourth-order valence-corrected chi connectivity index (χ4v) is 2.83. The van der Waals surface area contributed by atoms with E-state index in [0.29, 0.717) is 11.6 Å². The molecule has 0 saturated heterocycles. The number of benzene rings is 2. The second kappa shape index (κ2) is 6.24. The van der Waals surface area contributed by atoms with Crippen molar-refractivity contribution in [3.63, 3.8) is 0 Å². The van der Waals surface area contributed by atoms with Gasteiger partial charge in [-0.1, -0.05) is 11.6 Å². The van der Waals surface area contributed by atoms with Crippen molar-refractivity contribution in [3.8, 4) is 10.6 Å². The molecule has 0 aliphatic heterocycles. The molecule has 0 bridgehead atoms. The molecule has 0 amide bonds. The van der Waals surface area contributed by atoms with Crippen molar-refractivity contribution >= 4 is 28.6 Å². The number of hydrogen-bond acceptors (Lipinski definition) is 3. The number of aromatic nitrogens is 1. The van der Waals surface area contributed by atoms with Gasteiger partial charge in [-0.3, -0.25) is 0 Å². The van der Waals surface area contributed by atoms with Gasteiger partial charge < -0.3 is 5.32 Å². The van der Waals surface area contributed by atoms with Crippen LogP contribution in [0.2, 0.25) is 5.02 Å². The van der Waals surface area contributed by atoms with Crippen molar-refractivity contribution in [2.24, 2.45) is 0 Å². The van der Waals surface area contributed by atoms with E-state index in [1.165, 1.54) is 12.1 Å². The molecular weight excluding hydrogens is 307 g/mol. The summed E-state index contributed by atoms with van der Waals surface area (Å²) in [6.07, 6.45) is 0. The average Bonchev–Trinajstić information content (AvgIpc) is 2.96. The molecule has 3 aromatic rings. The Hall–Kier alpha value is -1.91. The number of halogens is 2. The van der Waals surface area contributed by atoms with Gasteiger partial charge in [0, 0.05) is 21.7 Å². The highest BCUT2D eigenvalue weighted by Gasteiger charge is 2.05. The van der Waals surface area contributed by atoms with Gasteiger partial charge in [-0.15, -0.1) is 11.3 Å². The normalized spacial score (nSPS) is 10.6. The Balaban J connectivity index is 1.67. The second-order valence-electron chi connectivity index (χ2n) is 4.51. The van der Waals surface area contributed by atoms with Gasteiger partial charge in [-0.25, -0.2) is 9.37 Å². The lowest BCUT2D eigenvalue weighted by atomic mass is 10.2. The van der Waals surface area contributed by atoms with Crippen LogP contribution in [0.15, 0.2) is 53.9 Å². The van der Waals surface area contributed by atoms with Gasteiger partial charge in [0.15, 0.2) is 0 Å². The molecule has 0 aliphatic rings. The molecule has 3 rings (SSSR count). The van der Waals surface area contributed by atoms with Gasteiger partial charge in [-0.2, -0.15) is 0 Å². The maximum atomic E-state index is 12.9. The lowest BCUT2D eigenvalue weighted by molar-refractivity contribution is 0.628. The summed E-state index contributed by atoms with van der Waals surface area (Å²) in [4.78, 5) is 4.55. The van der Waals surface area contributed by atoms with Gasteiger partial charge in [0.2, 0.25) is 0 Å². The summed E-state index contributed by atoms with van der Waals surface area (Å²) in [5, 5.41) is 6.90. The van der Waals surface area contributed by atoms with E-state index in [4.69, 9.17) is 11.6 Å². The maximum absolute atomic E-state index is 12.9. The molecule has 0 atom stereocenters. The van der Waals surface area contributed by atoms with Crippen molar-refractivity contribution in [2.75, 3.05) is 5.32 Å². The zero-order chi connectivity index (χ0) is 14.7. The molecular formula is C16H12ClFN2S. The summed E-state index contributed by atoms with van der Waals surface area (Å²) in [6, 6.07) is 13.9. The average molecular weight is 319 g/mol. The summed E-state index contributed by atoms with van der Waals surface area (Å²) >= 11 is 7.40. The van der Waals surface area contributed by atoms with Crippen LogP contribution in [0.25, 0.3) is 10.6 Å². The summed E-state index contributed by atoms with van der Waals surface area (Å²) in [7, 11) is 0. The van der Waals surface area contributed by atoms with Gasteiger partial charge in [0.05, 0.1) is 12.2 Å². The van der Waals surface area contributed by atoms with E-state index >= 15 is 0 Å². The maximum Gasteiger partial charge on any atom is 0.123 e. The Morgan fingerprint density at radius 1 is 1.05 bits per heavy atom. The van der Waals surface area contributed by atoms with E-state index in [1.807, 2.05) is 29.6 Å². The summed E-state index contributed by atoms with van der Waals surface area (Å²) < 4.78 is 12.9. The van der Waals surface area contributed by atoms with Gasteiger partial charge >= 0.3 is 0 Å². The molecule has 5 heteroatoms. The first-order valence-electron chi connectivity index (χ1n) is 6.40. The lowest BCUT2D eigenvalue weighted by Gasteiger charge is -2.03. The van der Waals surface area contributed by atoms with Gasteiger partial charge in [0.25, 0.3) is 0 Å². The molecule has 106 valence electrons. The van der Waals surface area contributed by atoms with Crippen molar-refractivity contribution < 1.29 is 4.39 Å². The highest BCUT2D eigenvalue weighted by atomic mass is 35.5. The van der Waals surface area contributed by atoms with Crippen molar-refractivity contribution in [3.05, 3.63) is 70.4 Å². The molecule has 0 spiro atoms. The fraction of sp³-hybridized carbons (Fsp3) is 0.0625. The smallest absolute Gasteiger partial charge is 0.123 e. The largest absolute Gasteiger partial charge is 0.379 e. The Kier molecular flexibility index (Phi) is 4.18. The standard InChI is InChI=1S/C16H12ClFN2S/c17-12-3-7-14(8-4-12)19-9-15-10-21-16(20-15)11-1-5-13(18)6-2-11/h1-8,10,19H,9H2. The Bertz CT molecular complexity index is 723. The van der Waals surface area contributed by atoms with E-state index in [-0.39, 0.29) is 5.82 Å². The predicted molar refractivity (Wildman–Crippen MR) is 86.3 cm³/mol. The van der Waals surface area contributed by atoms with E-state index in [2.05, 4.69) is 10.3 Å². The van der Waals surface area contributed by atoms with E-state index in [1.54, 1.807) is 23.5 Å². The molecule has 1 N–H and O–H groups in total. The highest BCUT2D eigenvalue weighted by molar-refractivity contribution is 7.13. The van der Waals surface area contributed by atoms with Crippen molar-refractivity contribution in [1.82, 2.24) is 4.98 Å². The zero-order valence-corrected chi connectivity index (χ0v) is 12.6. The van der Waals surface area contributed by atoms with Gasteiger partial charge in [0.1, 0.15) is 10.8 Å². The van der Waals surface area contributed by atoms with Crippen molar-refractivity contribution in [2.45, 2.75) is 6.54 Å². The number of rotatable bonds is 4. The highest BCUT2D eigenvalue weighted by Crippen LogP contribution is 2.24. The summed E-state index contributed by atoms with van der Waals surface area (Å²) in [6.45, 7) is 0.638. The van der Waals surface area contributed by atoms with E-state index in [0.717, 1.165) is 22.0 Å². The third-order valence-corrected chi connectivity index (χ3v) is 4.15. The first-order valence-corrected chi connectivity index (χ1v) is 7.66. The molecule has 0 fully saturated rings. The number of anilines is 1. The van der Waals surface area contributed by atoms with Crippen LogP contribution < -0.4 is 5.32 Å². The third kappa shape index (κ3) is 3.60. The molecule has 2 aromatic carbocycles. The van der Waals surface area contributed by atoms with Crippen LogP contribution in [-0.4, -0.2) is 4.98 Å². The topological polar surface area (TPSA) is 24.9 Å². The predicted octanol–water partition coefficient (Wildman–Crippen LogP) is 5.21. The zero-order valence-electron chi connectivity index (χ0n) is 11.0. The number of nitrogens with one attached hydrogen (secondary N) is 1. The third-order valence-electron chi connectivity index (χ3n) is 2.96. The molecule has 0 unspecified atom stereocenters. The van der Waals surface area contributed by atoms with Crippen LogP contribution >= 0.6 is 22.9 Å². The van der Waals surface area contributed by atoms with Crippen LogP contribution in [0.4, 0.5) is 10.1 Å². The first-order chi connectivity index (χ1) is 10.2. The Labute approximate surface area is 131 Å². The number of hydrogen-bond donors (Lipinski definition) is 1. The minimum absolute atomic E-state index is 0.236. The van der Waals surface area contributed by atoms with Crippen LogP contribution in [0.5, 0.6) is 0 Å². The SMILES string of the molecule is Fc1ccc(-c2nc(CNc3ccc(Cl)cc3)cs2)cc1. The molecule has 21 heavy (non-hydrogen) atoms. The monoisotopic (exact) mass is 318 g/mol. The van der Waals surface area contributed by atoms with E-state index < -0.39 is 0 Å². The molecule has 0 radical (unpaired) electrons. The summed E-state index contributed by atoms with van der Waals surface area (Å²) in [5.41, 5.74) is 2.88. The first kappa shape index (κ1) is 14.0. The van der Waals surface area contributed by atoms with Crippen LogP contribution in [0, 0.1) is 5.82 Å². The van der Waals surface area contributed by atoms with Gasteiger partial charge in [-0.05, 0) is 48.5 Å². The molecule has 1 aromatic heterocycles. The van der Waals surface area contributed by atoms with Crippen molar-refractivity contribution in [1.29, 1.82) is 0 Å². The van der Waals surface area contributed by atoms with E-state index in [9.17, 15) is 4.39 Å². The number of thiazole rings is 1. The fourth-order valence-electron chi connectivity index (χ4n) is 1.87. The van der Waals surface area contributed by atoms with Crippen LogP contribution in [0.1, 0.15) is 5.69 Å². The van der Waals surface area contributed by atoms with Crippen LogP contribution in [0.3, 0.4) is 0 Å². The Morgan fingerprint density at radius 3 is 2.48 bits per heavy atom. The number of nitrogens with zero attached hydrogens (tertiary/aromatic N) is 1. The Morgan fingerprint density at radius 2 is 1.76 bits per heavy atom. The second-order valence-corrected chi connectivity index (χ2v) is 5.81. The summed E-state index contributed by atoms with van der Waals surface area (Å²) in [5.74, 6) is -0.236.